The molecule has 3 aliphatic heterocycles. The van der Waals surface area contributed by atoms with E-state index in [4.69, 9.17) is 16.3 Å². The lowest BCUT2D eigenvalue weighted by atomic mass is 9.76. The second-order valence-electron chi connectivity index (χ2n) is 8.44. The van der Waals surface area contributed by atoms with Gasteiger partial charge in [0.15, 0.2) is 0 Å². The van der Waals surface area contributed by atoms with Crippen molar-refractivity contribution in [2.75, 3.05) is 12.4 Å². The molecule has 3 N–H and O–H groups in total. The number of likely N-dealkylation sites (tertiary alicyclic amines) is 1. The monoisotopic (exact) mass is 455 g/mol. The summed E-state index contributed by atoms with van der Waals surface area (Å²) in [5.74, 6) is -2.68. The van der Waals surface area contributed by atoms with Crippen molar-refractivity contribution in [1.82, 2.24) is 10.2 Å². The average molecular weight is 456 g/mol. The van der Waals surface area contributed by atoms with Gasteiger partial charge >= 0.3 is 0 Å². The molecule has 2 aromatic carbocycles. The van der Waals surface area contributed by atoms with E-state index in [1.54, 1.807) is 49.4 Å². The standard InChI is InChI=1S/C23H22ClN3O5/c1-11(28)19-17-18(23(26-19)14-9-13(24)7-8-15(14)25-22(23)31)21(30)27(20(17)29)10-12-5-3-4-6-16(12)32-2/h3-9,11,17-19,26,28H,10H2,1-2H3,(H,25,31)/t11-,17-,18-,19-,23+/m0/s1. The van der Waals surface area contributed by atoms with E-state index >= 15 is 0 Å². The van der Waals surface area contributed by atoms with Crippen molar-refractivity contribution in [1.29, 1.82) is 0 Å². The highest BCUT2D eigenvalue weighted by Gasteiger charge is 2.71. The van der Waals surface area contributed by atoms with Crippen LogP contribution < -0.4 is 15.4 Å². The summed E-state index contributed by atoms with van der Waals surface area (Å²) in [4.78, 5) is 41.7. The summed E-state index contributed by atoms with van der Waals surface area (Å²) in [5, 5.41) is 16.8. The van der Waals surface area contributed by atoms with Crippen molar-refractivity contribution in [2.24, 2.45) is 11.8 Å². The number of fused-ring (bicyclic) bond motifs is 4. The van der Waals surface area contributed by atoms with Gasteiger partial charge in [-0.1, -0.05) is 29.8 Å². The number of anilines is 1. The maximum absolute atomic E-state index is 13.7. The van der Waals surface area contributed by atoms with Crippen LogP contribution in [0, 0.1) is 11.8 Å². The van der Waals surface area contributed by atoms with Crippen LogP contribution in [-0.2, 0) is 26.5 Å². The van der Waals surface area contributed by atoms with Gasteiger partial charge < -0.3 is 15.2 Å². The Labute approximate surface area is 189 Å². The summed E-state index contributed by atoms with van der Waals surface area (Å²) in [6, 6.07) is 11.3. The van der Waals surface area contributed by atoms with Crippen molar-refractivity contribution in [3.63, 3.8) is 0 Å². The molecule has 166 valence electrons. The maximum atomic E-state index is 13.7. The van der Waals surface area contributed by atoms with Crippen molar-refractivity contribution in [3.05, 3.63) is 58.6 Å². The average Bonchev–Trinajstić information content (AvgIpc) is 3.35. The van der Waals surface area contributed by atoms with Crippen LogP contribution in [0.5, 0.6) is 5.75 Å². The second kappa shape index (κ2) is 7.30. The zero-order valence-electron chi connectivity index (χ0n) is 17.5. The SMILES string of the molecule is COc1ccccc1CN1C(=O)[C@@H]2[C@H]([C@H](C)O)N[C@@]3(C(=O)Nc4ccc(Cl)cc43)[C@@H]2C1=O. The minimum Gasteiger partial charge on any atom is -0.496 e. The molecule has 3 amide bonds. The van der Waals surface area contributed by atoms with Crippen molar-refractivity contribution >= 4 is 35.0 Å². The number of carbonyl (C=O) groups excluding carboxylic acids is 3. The molecule has 0 radical (unpaired) electrons. The van der Waals surface area contributed by atoms with E-state index in [0.717, 1.165) is 0 Å². The zero-order valence-corrected chi connectivity index (χ0v) is 18.2. The molecule has 9 heteroatoms. The Morgan fingerprint density at radius 3 is 2.66 bits per heavy atom. The van der Waals surface area contributed by atoms with Crippen LogP contribution in [0.4, 0.5) is 5.69 Å². The van der Waals surface area contributed by atoms with Crippen LogP contribution in [0.25, 0.3) is 0 Å². The van der Waals surface area contributed by atoms with Gasteiger partial charge in [0, 0.05) is 27.9 Å². The summed E-state index contributed by atoms with van der Waals surface area (Å²) >= 11 is 6.22. The molecule has 0 aliphatic carbocycles. The highest BCUT2D eigenvalue weighted by molar-refractivity contribution is 6.31. The van der Waals surface area contributed by atoms with Crippen molar-refractivity contribution in [3.8, 4) is 5.75 Å². The van der Waals surface area contributed by atoms with Gasteiger partial charge in [-0.25, -0.2) is 0 Å². The van der Waals surface area contributed by atoms with Gasteiger partial charge in [0.25, 0.3) is 0 Å². The topological polar surface area (TPSA) is 108 Å². The largest absolute Gasteiger partial charge is 0.496 e. The number of nitrogens with one attached hydrogen (secondary N) is 2. The van der Waals surface area contributed by atoms with Gasteiger partial charge in [-0.05, 0) is 31.2 Å². The van der Waals surface area contributed by atoms with E-state index in [1.807, 2.05) is 0 Å². The molecular formula is C23H22ClN3O5. The predicted octanol–water partition coefficient (Wildman–Crippen LogP) is 1.65. The molecule has 8 nitrogen and oxygen atoms in total. The Bertz CT molecular complexity index is 1150. The van der Waals surface area contributed by atoms with Crippen LogP contribution in [0.15, 0.2) is 42.5 Å². The third-order valence-corrected chi connectivity index (χ3v) is 6.98. The Morgan fingerprint density at radius 1 is 1.19 bits per heavy atom. The number of amides is 3. The lowest BCUT2D eigenvalue weighted by Crippen LogP contribution is -2.54. The van der Waals surface area contributed by atoms with E-state index in [1.165, 1.54) is 12.0 Å². The molecule has 3 heterocycles. The number of methoxy groups -OCH3 is 1. The predicted molar refractivity (Wildman–Crippen MR) is 116 cm³/mol. The fourth-order valence-corrected chi connectivity index (χ4v) is 5.51. The zero-order chi connectivity index (χ0) is 22.8. The first-order valence-electron chi connectivity index (χ1n) is 10.3. The number of imide groups is 1. The van der Waals surface area contributed by atoms with E-state index in [9.17, 15) is 19.5 Å². The molecule has 0 unspecified atom stereocenters. The Kier molecular flexibility index (Phi) is 4.77. The lowest BCUT2D eigenvalue weighted by molar-refractivity contribution is -0.143. The highest BCUT2D eigenvalue weighted by atomic mass is 35.5. The summed E-state index contributed by atoms with van der Waals surface area (Å²) in [5.41, 5.74) is 0.217. The fraction of sp³-hybridized carbons (Fsp3) is 0.348. The van der Waals surface area contributed by atoms with E-state index in [2.05, 4.69) is 10.6 Å². The number of rotatable bonds is 4. The van der Waals surface area contributed by atoms with Gasteiger partial charge in [0.2, 0.25) is 17.7 Å². The molecule has 32 heavy (non-hydrogen) atoms. The van der Waals surface area contributed by atoms with Gasteiger partial charge in [-0.15, -0.1) is 0 Å². The number of aliphatic hydroxyl groups excluding tert-OH is 1. The van der Waals surface area contributed by atoms with Crippen LogP contribution in [0.3, 0.4) is 0 Å². The molecule has 3 aliphatic rings. The third-order valence-electron chi connectivity index (χ3n) is 6.74. The van der Waals surface area contributed by atoms with E-state index < -0.39 is 47.2 Å². The summed E-state index contributed by atoms with van der Waals surface area (Å²) in [6.07, 6.45) is -0.971. The highest BCUT2D eigenvalue weighted by Crippen LogP contribution is 2.54. The van der Waals surface area contributed by atoms with Crippen LogP contribution in [0.1, 0.15) is 18.1 Å². The molecule has 2 aromatic rings. The van der Waals surface area contributed by atoms with Crippen LogP contribution in [-0.4, -0.2) is 47.0 Å². The van der Waals surface area contributed by atoms with Gasteiger partial charge in [-0.2, -0.15) is 0 Å². The van der Waals surface area contributed by atoms with E-state index in [-0.39, 0.29) is 6.54 Å². The van der Waals surface area contributed by atoms with Gasteiger partial charge in [0.1, 0.15) is 11.3 Å². The molecule has 0 saturated carbocycles. The summed E-state index contributed by atoms with van der Waals surface area (Å²) in [6.45, 7) is 1.56. The molecule has 0 bridgehead atoms. The van der Waals surface area contributed by atoms with Gasteiger partial charge in [-0.3, -0.25) is 24.6 Å². The first kappa shape index (κ1) is 20.9. The van der Waals surface area contributed by atoms with Crippen LogP contribution >= 0.6 is 11.6 Å². The molecule has 1 spiro atoms. The fourth-order valence-electron chi connectivity index (χ4n) is 5.34. The number of para-hydroxylation sites is 1. The second-order valence-corrected chi connectivity index (χ2v) is 8.88. The van der Waals surface area contributed by atoms with Crippen molar-refractivity contribution < 1.29 is 24.2 Å². The molecular weight excluding hydrogens is 434 g/mol. The number of halogens is 1. The maximum Gasteiger partial charge on any atom is 0.250 e. The number of ether oxygens (including phenoxy) is 1. The van der Waals surface area contributed by atoms with Gasteiger partial charge in [0.05, 0.1) is 31.6 Å². The first-order chi connectivity index (χ1) is 15.3. The summed E-state index contributed by atoms with van der Waals surface area (Å²) in [7, 11) is 1.52. The number of benzene rings is 2. The molecule has 5 rings (SSSR count). The number of hydrogen-bond acceptors (Lipinski definition) is 6. The number of nitrogens with zero attached hydrogens (tertiary/aromatic N) is 1. The molecule has 2 fully saturated rings. The number of aliphatic hydroxyl groups is 1. The molecule has 0 aromatic heterocycles. The minimum atomic E-state index is -1.49. The number of hydrogen-bond donors (Lipinski definition) is 3. The first-order valence-corrected chi connectivity index (χ1v) is 10.7. The Hall–Kier alpha value is -2.94. The lowest BCUT2D eigenvalue weighted by Gasteiger charge is -2.30. The number of carbonyl (C=O) groups is 3. The van der Waals surface area contributed by atoms with Crippen molar-refractivity contribution in [2.45, 2.75) is 31.2 Å². The Morgan fingerprint density at radius 2 is 1.94 bits per heavy atom. The smallest absolute Gasteiger partial charge is 0.250 e. The Balaban J connectivity index is 1.62. The van der Waals surface area contributed by atoms with Crippen LogP contribution in [0.2, 0.25) is 5.02 Å². The molecule has 2 saturated heterocycles. The quantitative estimate of drug-likeness (QED) is 0.605. The minimum absolute atomic E-state index is 0.0152. The normalized spacial score (nSPS) is 29.3. The third kappa shape index (κ3) is 2.73. The molecule has 5 atom stereocenters. The van der Waals surface area contributed by atoms with E-state index in [0.29, 0.717) is 27.6 Å². The summed E-state index contributed by atoms with van der Waals surface area (Å²) < 4.78 is 5.37.